The summed E-state index contributed by atoms with van der Waals surface area (Å²) in [4.78, 5) is 41.2. The van der Waals surface area contributed by atoms with E-state index >= 15 is 0 Å². The van der Waals surface area contributed by atoms with E-state index in [1.807, 2.05) is 42.5 Å². The maximum atomic E-state index is 12.4. The third-order valence-corrected chi connectivity index (χ3v) is 7.28. The van der Waals surface area contributed by atoms with Gasteiger partial charge in [-0.05, 0) is 36.6 Å². The Balaban J connectivity index is 1.15. The van der Waals surface area contributed by atoms with Crippen molar-refractivity contribution in [2.24, 2.45) is 0 Å². The number of nitrogens with one attached hydrogen (secondary N) is 2. The summed E-state index contributed by atoms with van der Waals surface area (Å²) in [5.74, 6) is -0.920. The first kappa shape index (κ1) is 26.9. The number of carboxylic acid groups (broad SMARTS) is 1. The van der Waals surface area contributed by atoms with Gasteiger partial charge >= 0.3 is 12.0 Å². The molecule has 4 unspecified atom stereocenters. The smallest absolute Gasteiger partial charge is 0.341 e. The topological polar surface area (TPSA) is 172 Å². The van der Waals surface area contributed by atoms with Crippen LogP contribution in [-0.4, -0.2) is 78.9 Å². The molecule has 1 saturated carbocycles. The Morgan fingerprint density at radius 2 is 1.86 bits per heavy atom. The number of carboxylic acids is 1. The molecule has 14 nitrogen and oxygen atoms in total. The number of imidazole rings is 1. The van der Waals surface area contributed by atoms with Crippen molar-refractivity contribution in [1.82, 2.24) is 29.8 Å². The molecule has 5 heterocycles. The zero-order chi connectivity index (χ0) is 29.3. The molecule has 43 heavy (non-hydrogen) atoms. The molecule has 14 heteroatoms. The molecule has 0 spiro atoms. The normalized spacial score (nSPS) is 24.7. The van der Waals surface area contributed by atoms with E-state index in [2.05, 4.69) is 30.6 Å². The van der Waals surface area contributed by atoms with Crippen molar-refractivity contribution in [1.29, 1.82) is 0 Å². The van der Waals surface area contributed by atoms with Crippen LogP contribution in [0.5, 0.6) is 5.88 Å². The van der Waals surface area contributed by atoms with Gasteiger partial charge in [-0.25, -0.2) is 29.5 Å². The summed E-state index contributed by atoms with van der Waals surface area (Å²) in [7, 11) is 0. The summed E-state index contributed by atoms with van der Waals surface area (Å²) < 4.78 is 26.5. The molecule has 3 fully saturated rings. The van der Waals surface area contributed by atoms with Crippen LogP contribution in [0, 0.1) is 0 Å². The Morgan fingerprint density at radius 1 is 1.02 bits per heavy atom. The maximum absolute atomic E-state index is 12.4. The van der Waals surface area contributed by atoms with Crippen molar-refractivity contribution in [3.05, 3.63) is 78.5 Å². The van der Waals surface area contributed by atoms with E-state index in [1.54, 1.807) is 10.9 Å². The Labute approximate surface area is 244 Å². The van der Waals surface area contributed by atoms with Crippen LogP contribution in [-0.2, 0) is 14.2 Å². The lowest BCUT2D eigenvalue weighted by Gasteiger charge is -2.20. The molecule has 4 aromatic rings. The zero-order valence-corrected chi connectivity index (χ0v) is 22.6. The molecular formula is C29H27N7O7. The number of amides is 2. The molecule has 5 atom stereocenters. The van der Waals surface area contributed by atoms with Gasteiger partial charge in [-0.3, -0.25) is 9.88 Å². The van der Waals surface area contributed by atoms with Gasteiger partial charge in [0.2, 0.25) is 5.88 Å². The predicted octanol–water partition coefficient (Wildman–Crippen LogP) is 3.00. The van der Waals surface area contributed by atoms with Gasteiger partial charge in [-0.2, -0.15) is 0 Å². The number of nitrogens with zero attached hydrogens (tertiary/aromatic N) is 5. The van der Waals surface area contributed by atoms with Crippen molar-refractivity contribution in [3.8, 4) is 5.88 Å². The van der Waals surface area contributed by atoms with Crippen LogP contribution < -0.4 is 15.4 Å². The van der Waals surface area contributed by atoms with Gasteiger partial charge in [0.05, 0.1) is 6.33 Å². The van der Waals surface area contributed by atoms with Crippen LogP contribution >= 0.6 is 0 Å². The summed E-state index contributed by atoms with van der Waals surface area (Å²) in [5, 5.41) is 15.1. The summed E-state index contributed by atoms with van der Waals surface area (Å²) >= 11 is 0. The summed E-state index contributed by atoms with van der Waals surface area (Å²) in [6.45, 7) is -0.0524. The lowest BCUT2D eigenvalue weighted by Crippen LogP contribution is -2.33. The van der Waals surface area contributed by atoms with Crippen LogP contribution in [0.25, 0.3) is 17.2 Å². The number of benzene rings is 1. The molecule has 2 amide bonds. The van der Waals surface area contributed by atoms with E-state index in [4.69, 9.17) is 18.9 Å². The fraction of sp³-hybridized carbons (Fsp3) is 0.310. The lowest BCUT2D eigenvalue weighted by molar-refractivity contribution is -0.131. The number of ether oxygens (including phenoxy) is 4. The number of carbonyl (C=O) groups is 2. The highest BCUT2D eigenvalue weighted by atomic mass is 16.8. The molecule has 2 aliphatic heterocycles. The Morgan fingerprint density at radius 3 is 2.67 bits per heavy atom. The Kier molecular flexibility index (Phi) is 7.14. The van der Waals surface area contributed by atoms with E-state index in [9.17, 15) is 14.7 Å². The maximum Gasteiger partial charge on any atom is 0.341 e. The molecule has 0 radical (unpaired) electrons. The second-order valence-electron chi connectivity index (χ2n) is 10.3. The average Bonchev–Trinajstić information content (AvgIpc) is 3.42. The number of fused-ring (bicyclic) bond motifs is 2. The monoisotopic (exact) mass is 585 g/mol. The fourth-order valence-corrected chi connectivity index (χ4v) is 5.08. The molecule has 3 aromatic heterocycles. The number of aromatic carboxylic acids is 1. The first-order valence-corrected chi connectivity index (χ1v) is 13.8. The second-order valence-corrected chi connectivity index (χ2v) is 10.3. The number of pyridine rings is 1. The molecule has 3 aliphatic rings. The SMILES string of the molecule is O=C(Nc1ncnc2c1ncn2C1OC(COc2ncccc2C(=O)O)C2O[C@H](C=Cc3ccccc3)OC21)NC1CC1. The number of aromatic nitrogens is 5. The number of rotatable bonds is 9. The van der Waals surface area contributed by atoms with Crippen LogP contribution in [0.4, 0.5) is 10.6 Å². The van der Waals surface area contributed by atoms with E-state index in [-0.39, 0.29) is 35.9 Å². The number of carbonyl (C=O) groups excluding carboxylic acids is 1. The van der Waals surface area contributed by atoms with E-state index < -0.39 is 36.8 Å². The van der Waals surface area contributed by atoms with Gasteiger partial charge in [-0.1, -0.05) is 36.4 Å². The van der Waals surface area contributed by atoms with Gasteiger partial charge in [-0.15, -0.1) is 0 Å². The highest BCUT2D eigenvalue weighted by molar-refractivity contribution is 5.96. The van der Waals surface area contributed by atoms with Crippen LogP contribution in [0.15, 0.2) is 67.4 Å². The van der Waals surface area contributed by atoms with Crippen LogP contribution in [0.3, 0.4) is 0 Å². The van der Waals surface area contributed by atoms with Gasteiger partial charge in [0.25, 0.3) is 0 Å². The number of anilines is 1. The number of hydrogen-bond donors (Lipinski definition) is 3. The molecule has 7 rings (SSSR count). The van der Waals surface area contributed by atoms with Gasteiger partial charge in [0.1, 0.15) is 36.8 Å². The molecule has 2 saturated heterocycles. The van der Waals surface area contributed by atoms with Crippen molar-refractivity contribution in [3.63, 3.8) is 0 Å². The van der Waals surface area contributed by atoms with E-state index in [0.717, 1.165) is 18.4 Å². The van der Waals surface area contributed by atoms with Crippen molar-refractivity contribution in [2.45, 2.75) is 49.7 Å². The highest BCUT2D eigenvalue weighted by Crippen LogP contribution is 2.41. The minimum atomic E-state index is -1.16. The minimum Gasteiger partial charge on any atom is -0.477 e. The fourth-order valence-electron chi connectivity index (χ4n) is 5.08. The third kappa shape index (κ3) is 5.62. The summed E-state index contributed by atoms with van der Waals surface area (Å²) in [6.07, 6.45) is 6.74. The van der Waals surface area contributed by atoms with E-state index in [1.165, 1.54) is 24.7 Å². The zero-order valence-electron chi connectivity index (χ0n) is 22.6. The van der Waals surface area contributed by atoms with Crippen LogP contribution in [0.1, 0.15) is 35.0 Å². The Hall–Kier alpha value is -4.92. The molecule has 3 N–H and O–H groups in total. The van der Waals surface area contributed by atoms with Gasteiger partial charge in [0, 0.05) is 12.2 Å². The molecule has 1 aliphatic carbocycles. The molecular weight excluding hydrogens is 558 g/mol. The van der Waals surface area contributed by atoms with Crippen LogP contribution in [0.2, 0.25) is 0 Å². The van der Waals surface area contributed by atoms with Crippen molar-refractivity contribution >= 4 is 35.1 Å². The summed E-state index contributed by atoms with van der Waals surface area (Å²) in [5.41, 5.74) is 1.72. The largest absolute Gasteiger partial charge is 0.477 e. The standard InChI is InChI=1S/C29H27N7O7/c37-28(38)18-7-4-12-30-26(18)40-13-19-22-23(43-20(42-22)11-8-16-5-2-1-3-6-16)27(41-19)36-15-33-21-24(31-14-32-25(21)36)35-29(39)34-17-9-10-17/h1-8,11-12,14-15,17,19-20,22-23,27H,9-10,13H2,(H,37,38)(H2,31,32,34,35,39)/t19?,20-,22?,23?,27?/m0/s1. The van der Waals surface area contributed by atoms with E-state index in [0.29, 0.717) is 11.2 Å². The Bertz CT molecular complexity index is 1680. The van der Waals surface area contributed by atoms with Gasteiger partial charge in [0.15, 0.2) is 29.5 Å². The minimum absolute atomic E-state index is 0.0287. The van der Waals surface area contributed by atoms with Crippen molar-refractivity contribution in [2.75, 3.05) is 11.9 Å². The first-order chi connectivity index (χ1) is 21.0. The lowest BCUT2D eigenvalue weighted by atomic mass is 10.1. The number of urea groups is 1. The molecule has 220 valence electrons. The predicted molar refractivity (Wildman–Crippen MR) is 150 cm³/mol. The molecule has 1 aromatic carbocycles. The summed E-state index contributed by atoms with van der Waals surface area (Å²) in [6, 6.07) is 12.5. The second kappa shape index (κ2) is 11.4. The number of hydrogen-bond acceptors (Lipinski definition) is 10. The van der Waals surface area contributed by atoms with Crippen molar-refractivity contribution < 1.29 is 33.6 Å². The average molecular weight is 586 g/mol. The van der Waals surface area contributed by atoms with Gasteiger partial charge < -0.3 is 29.4 Å². The third-order valence-electron chi connectivity index (χ3n) is 7.28. The quantitative estimate of drug-likeness (QED) is 0.264. The highest BCUT2D eigenvalue weighted by Gasteiger charge is 2.53. The first-order valence-electron chi connectivity index (χ1n) is 13.8. The molecule has 0 bridgehead atoms.